The Bertz CT molecular complexity index is 415. The van der Waals surface area contributed by atoms with Gasteiger partial charge in [-0.1, -0.05) is 11.6 Å². The molecule has 2 heterocycles. The molecule has 0 atom stereocenters. The van der Waals surface area contributed by atoms with Crippen molar-refractivity contribution in [3.63, 3.8) is 0 Å². The maximum absolute atomic E-state index is 11.5. The van der Waals surface area contributed by atoms with Gasteiger partial charge in [0.25, 0.3) is 0 Å². The van der Waals surface area contributed by atoms with Crippen LogP contribution in [0.2, 0.25) is 5.15 Å². The summed E-state index contributed by atoms with van der Waals surface area (Å²) < 4.78 is 0. The minimum absolute atomic E-state index is 0.0720. The molecule has 0 radical (unpaired) electrons. The first-order chi connectivity index (χ1) is 7.16. The van der Waals surface area contributed by atoms with Gasteiger partial charge in [0, 0.05) is 12.1 Å². The molecule has 0 fully saturated rings. The van der Waals surface area contributed by atoms with E-state index < -0.39 is 0 Å². The van der Waals surface area contributed by atoms with Crippen molar-refractivity contribution in [2.75, 3.05) is 5.01 Å². The van der Waals surface area contributed by atoms with Gasteiger partial charge in [-0.2, -0.15) is 10.1 Å². The normalized spacial score (nSPS) is 16.5. The summed E-state index contributed by atoms with van der Waals surface area (Å²) in [5.74, 6) is 0.334. The van der Waals surface area contributed by atoms with E-state index in [4.69, 9.17) is 11.6 Å². The highest BCUT2D eigenvalue weighted by atomic mass is 35.5. The number of hydrogen-bond acceptors (Lipinski definition) is 4. The lowest BCUT2D eigenvalue weighted by molar-refractivity contribution is -0.118. The van der Waals surface area contributed by atoms with Crippen molar-refractivity contribution >= 4 is 29.0 Å². The molecule has 0 aromatic carbocycles. The second-order valence-electron chi connectivity index (χ2n) is 3.26. The Hall–Kier alpha value is -1.49. The molecule has 0 unspecified atom stereocenters. The van der Waals surface area contributed by atoms with Crippen LogP contribution in [0.15, 0.2) is 17.2 Å². The summed E-state index contributed by atoms with van der Waals surface area (Å²) in [5.41, 5.74) is 0.909. The van der Waals surface area contributed by atoms with Gasteiger partial charge < -0.3 is 0 Å². The first-order valence-electron chi connectivity index (χ1n) is 4.53. The summed E-state index contributed by atoms with van der Waals surface area (Å²) in [6, 6.07) is 3.20. The van der Waals surface area contributed by atoms with Crippen LogP contribution >= 0.6 is 11.6 Å². The molecule has 0 N–H and O–H groups in total. The van der Waals surface area contributed by atoms with E-state index in [1.54, 1.807) is 12.1 Å². The van der Waals surface area contributed by atoms with Crippen LogP contribution in [0.5, 0.6) is 0 Å². The van der Waals surface area contributed by atoms with E-state index >= 15 is 0 Å². The fourth-order valence-corrected chi connectivity index (χ4v) is 1.37. The predicted octanol–water partition coefficient (Wildman–Crippen LogP) is 1.63. The van der Waals surface area contributed by atoms with Crippen molar-refractivity contribution < 1.29 is 4.79 Å². The highest BCUT2D eigenvalue weighted by Gasteiger charge is 2.21. The van der Waals surface area contributed by atoms with Gasteiger partial charge in [0.05, 0.1) is 0 Å². The van der Waals surface area contributed by atoms with Gasteiger partial charge in [0.15, 0.2) is 11.0 Å². The molecule has 1 aromatic heterocycles. The smallest absolute Gasteiger partial charge is 0.249 e. The summed E-state index contributed by atoms with van der Waals surface area (Å²) in [4.78, 5) is 11.5. The van der Waals surface area contributed by atoms with E-state index in [0.29, 0.717) is 23.8 Å². The molecular weight excluding hydrogens is 216 g/mol. The Balaban J connectivity index is 2.33. The van der Waals surface area contributed by atoms with Gasteiger partial charge in [-0.05, 0) is 25.5 Å². The fourth-order valence-electron chi connectivity index (χ4n) is 1.27. The maximum Gasteiger partial charge on any atom is 0.249 e. The number of hydrogen-bond donors (Lipinski definition) is 0. The lowest BCUT2D eigenvalue weighted by atomic mass is 10.2. The third-order valence-corrected chi connectivity index (χ3v) is 2.24. The number of halogens is 1. The molecule has 2 rings (SSSR count). The molecular formula is C9H9ClN4O. The van der Waals surface area contributed by atoms with Crippen LogP contribution in [-0.4, -0.2) is 21.8 Å². The average Bonchev–Trinajstić information content (AvgIpc) is 2.23. The first kappa shape index (κ1) is 10.0. The Morgan fingerprint density at radius 1 is 1.33 bits per heavy atom. The number of carbonyl (C=O) groups excluding carboxylic acids is 1. The van der Waals surface area contributed by atoms with Crippen molar-refractivity contribution in [3.8, 4) is 0 Å². The SMILES string of the molecule is CC1=NN(c2ccc(Cl)nn2)C(=O)CC1. The Labute approximate surface area is 91.7 Å². The Morgan fingerprint density at radius 2 is 2.13 bits per heavy atom. The molecule has 0 bridgehead atoms. The molecule has 0 aliphatic carbocycles. The number of hydrazone groups is 1. The quantitative estimate of drug-likeness (QED) is 0.729. The lowest BCUT2D eigenvalue weighted by Gasteiger charge is -2.20. The van der Waals surface area contributed by atoms with E-state index in [1.807, 2.05) is 6.92 Å². The highest BCUT2D eigenvalue weighted by molar-refractivity contribution is 6.29. The molecule has 0 saturated carbocycles. The average molecular weight is 225 g/mol. The summed E-state index contributed by atoms with van der Waals surface area (Å²) >= 11 is 5.60. The van der Waals surface area contributed by atoms with Crippen molar-refractivity contribution in [1.82, 2.24) is 10.2 Å². The van der Waals surface area contributed by atoms with Gasteiger partial charge in [-0.15, -0.1) is 10.2 Å². The van der Waals surface area contributed by atoms with Gasteiger partial charge in [-0.25, -0.2) is 0 Å². The summed E-state index contributed by atoms with van der Waals surface area (Å²) in [6.07, 6.45) is 1.16. The first-order valence-corrected chi connectivity index (χ1v) is 4.91. The Kier molecular flexibility index (Phi) is 2.64. The van der Waals surface area contributed by atoms with E-state index in [0.717, 1.165) is 5.71 Å². The zero-order valence-corrected chi connectivity index (χ0v) is 8.90. The van der Waals surface area contributed by atoms with Crippen molar-refractivity contribution in [3.05, 3.63) is 17.3 Å². The molecule has 1 amide bonds. The molecule has 1 aliphatic heterocycles. The maximum atomic E-state index is 11.5. The van der Waals surface area contributed by atoms with Gasteiger partial charge in [0.1, 0.15) is 0 Å². The summed E-state index contributed by atoms with van der Waals surface area (Å²) in [6.45, 7) is 1.88. The van der Waals surface area contributed by atoms with Crippen molar-refractivity contribution in [2.24, 2.45) is 5.10 Å². The zero-order chi connectivity index (χ0) is 10.8. The molecule has 1 aromatic rings. The second-order valence-corrected chi connectivity index (χ2v) is 3.64. The topological polar surface area (TPSA) is 58.5 Å². The largest absolute Gasteiger partial charge is 0.272 e. The minimum Gasteiger partial charge on any atom is -0.272 e. The number of nitrogens with zero attached hydrogens (tertiary/aromatic N) is 4. The minimum atomic E-state index is -0.0720. The fraction of sp³-hybridized carbons (Fsp3) is 0.333. The zero-order valence-electron chi connectivity index (χ0n) is 8.14. The molecule has 0 saturated heterocycles. The van der Waals surface area contributed by atoms with Gasteiger partial charge in [0.2, 0.25) is 5.91 Å². The number of amides is 1. The van der Waals surface area contributed by atoms with E-state index in [-0.39, 0.29) is 5.91 Å². The van der Waals surface area contributed by atoms with Crippen LogP contribution in [0.1, 0.15) is 19.8 Å². The van der Waals surface area contributed by atoms with E-state index in [9.17, 15) is 4.79 Å². The van der Waals surface area contributed by atoms with Gasteiger partial charge in [-0.3, -0.25) is 4.79 Å². The predicted molar refractivity (Wildman–Crippen MR) is 56.9 cm³/mol. The monoisotopic (exact) mass is 224 g/mol. The van der Waals surface area contributed by atoms with E-state index in [1.165, 1.54) is 5.01 Å². The van der Waals surface area contributed by atoms with Gasteiger partial charge >= 0.3 is 0 Å². The van der Waals surface area contributed by atoms with E-state index in [2.05, 4.69) is 15.3 Å². The van der Waals surface area contributed by atoms with Crippen LogP contribution in [0.25, 0.3) is 0 Å². The molecule has 1 aliphatic rings. The standard InChI is InChI=1S/C9H9ClN4O/c1-6-2-5-9(15)14(13-6)8-4-3-7(10)11-12-8/h3-4H,2,5H2,1H3. The second kappa shape index (κ2) is 3.94. The van der Waals surface area contributed by atoms with Crippen LogP contribution in [0, 0.1) is 0 Å². The van der Waals surface area contributed by atoms with Crippen LogP contribution in [-0.2, 0) is 4.79 Å². The molecule has 15 heavy (non-hydrogen) atoms. The third-order valence-electron chi connectivity index (χ3n) is 2.04. The van der Waals surface area contributed by atoms with Crippen LogP contribution in [0.3, 0.4) is 0 Å². The Morgan fingerprint density at radius 3 is 2.80 bits per heavy atom. The van der Waals surface area contributed by atoms with Crippen LogP contribution < -0.4 is 5.01 Å². The number of carbonyl (C=O) groups is 1. The molecule has 0 spiro atoms. The molecule has 5 nitrogen and oxygen atoms in total. The highest BCUT2D eigenvalue weighted by Crippen LogP contribution is 2.17. The molecule has 78 valence electrons. The number of aromatic nitrogens is 2. The van der Waals surface area contributed by atoms with Crippen molar-refractivity contribution in [2.45, 2.75) is 19.8 Å². The summed E-state index contributed by atoms with van der Waals surface area (Å²) in [5, 5.41) is 13.1. The number of anilines is 1. The number of rotatable bonds is 1. The lowest BCUT2D eigenvalue weighted by Crippen LogP contribution is -2.31. The third kappa shape index (κ3) is 2.12. The molecule has 6 heteroatoms. The van der Waals surface area contributed by atoms with Crippen LogP contribution in [0.4, 0.5) is 5.82 Å². The summed E-state index contributed by atoms with van der Waals surface area (Å²) in [7, 11) is 0. The van der Waals surface area contributed by atoms with Crippen molar-refractivity contribution in [1.29, 1.82) is 0 Å².